The minimum atomic E-state index is -0.293. The normalized spacial score (nSPS) is 12.1. The van der Waals surface area contributed by atoms with E-state index >= 15 is 0 Å². The second kappa shape index (κ2) is 8.73. The first-order valence-electron chi connectivity index (χ1n) is 9.90. The third-order valence-corrected chi connectivity index (χ3v) is 5.27. The lowest BCUT2D eigenvalue weighted by Gasteiger charge is -2.14. The minimum absolute atomic E-state index is 0.138. The molecule has 0 aliphatic heterocycles. The lowest BCUT2D eigenvalue weighted by molar-refractivity contribution is -0.121. The van der Waals surface area contributed by atoms with Crippen molar-refractivity contribution in [2.45, 2.75) is 32.7 Å². The molecule has 2 N–H and O–H groups in total. The average molecular weight is 437 g/mol. The highest BCUT2D eigenvalue weighted by Crippen LogP contribution is 2.19. The number of aryl methyl sites for hydroxylation is 2. The number of carbonyl (C=O) groups excluding carboxylic acids is 1. The summed E-state index contributed by atoms with van der Waals surface area (Å²) < 4.78 is 5.25. The van der Waals surface area contributed by atoms with Crippen molar-refractivity contribution in [3.63, 3.8) is 0 Å². The number of pyridine rings is 1. The number of nitrogens with zero attached hydrogens (tertiary/aromatic N) is 2. The van der Waals surface area contributed by atoms with Crippen molar-refractivity contribution in [3.05, 3.63) is 80.9 Å². The van der Waals surface area contributed by atoms with Crippen molar-refractivity contribution in [3.8, 4) is 11.4 Å². The van der Waals surface area contributed by atoms with E-state index in [1.807, 2.05) is 44.2 Å². The van der Waals surface area contributed by atoms with Crippen LogP contribution >= 0.6 is 11.6 Å². The van der Waals surface area contributed by atoms with Crippen LogP contribution in [0.15, 0.2) is 57.8 Å². The molecule has 0 radical (unpaired) electrons. The molecule has 1 amide bonds. The minimum Gasteiger partial charge on any atom is -0.350 e. The highest BCUT2D eigenvalue weighted by atomic mass is 35.5. The van der Waals surface area contributed by atoms with Gasteiger partial charge < -0.3 is 14.8 Å². The summed E-state index contributed by atoms with van der Waals surface area (Å²) in [5, 5.41) is 8.39. The van der Waals surface area contributed by atoms with E-state index in [1.165, 1.54) is 0 Å². The fourth-order valence-electron chi connectivity index (χ4n) is 3.33. The Morgan fingerprint density at radius 1 is 1.19 bits per heavy atom. The maximum atomic E-state index is 12.4. The Labute approximate surface area is 183 Å². The van der Waals surface area contributed by atoms with Crippen molar-refractivity contribution in [1.82, 2.24) is 20.4 Å². The van der Waals surface area contributed by atoms with Gasteiger partial charge in [-0.25, -0.2) is 0 Å². The molecule has 2 heterocycles. The summed E-state index contributed by atoms with van der Waals surface area (Å²) in [5.41, 5.74) is 2.82. The lowest BCUT2D eigenvalue weighted by Crippen LogP contribution is -2.26. The van der Waals surface area contributed by atoms with Gasteiger partial charge in [-0.3, -0.25) is 9.59 Å². The van der Waals surface area contributed by atoms with Crippen molar-refractivity contribution in [1.29, 1.82) is 0 Å². The van der Waals surface area contributed by atoms with Gasteiger partial charge in [-0.1, -0.05) is 40.5 Å². The molecule has 0 aliphatic carbocycles. The molecule has 0 bridgehead atoms. The van der Waals surface area contributed by atoms with E-state index < -0.39 is 0 Å². The van der Waals surface area contributed by atoms with E-state index in [1.54, 1.807) is 18.2 Å². The van der Waals surface area contributed by atoms with Crippen LogP contribution in [-0.2, 0) is 11.2 Å². The molecule has 8 heteroatoms. The second-order valence-electron chi connectivity index (χ2n) is 7.46. The van der Waals surface area contributed by atoms with Gasteiger partial charge in [0.15, 0.2) is 0 Å². The van der Waals surface area contributed by atoms with E-state index in [4.69, 9.17) is 16.1 Å². The van der Waals surface area contributed by atoms with Gasteiger partial charge in [-0.15, -0.1) is 0 Å². The van der Waals surface area contributed by atoms with E-state index in [-0.39, 0.29) is 36.2 Å². The molecule has 4 aromatic rings. The predicted octanol–water partition coefficient (Wildman–Crippen LogP) is 4.35. The number of benzene rings is 2. The summed E-state index contributed by atoms with van der Waals surface area (Å²) in [7, 11) is 0. The zero-order valence-corrected chi connectivity index (χ0v) is 17.9. The number of H-pyrrole nitrogens is 1. The molecule has 7 nitrogen and oxygen atoms in total. The number of halogens is 1. The summed E-state index contributed by atoms with van der Waals surface area (Å²) >= 11 is 5.90. The molecule has 4 rings (SSSR count). The lowest BCUT2D eigenvalue weighted by atomic mass is 10.1. The molecule has 1 atom stereocenters. The van der Waals surface area contributed by atoms with E-state index in [0.717, 1.165) is 22.0 Å². The van der Waals surface area contributed by atoms with Gasteiger partial charge in [-0.05, 0) is 55.1 Å². The monoisotopic (exact) mass is 436 g/mol. The third kappa shape index (κ3) is 4.83. The zero-order valence-electron chi connectivity index (χ0n) is 17.1. The maximum absolute atomic E-state index is 12.4. The van der Waals surface area contributed by atoms with Crippen LogP contribution in [0.25, 0.3) is 22.3 Å². The number of amides is 1. The average Bonchev–Trinajstić information content (AvgIpc) is 3.21. The fourth-order valence-corrected chi connectivity index (χ4v) is 3.45. The molecular formula is C23H21ClN4O3. The Balaban J connectivity index is 1.42. The Morgan fingerprint density at radius 2 is 1.97 bits per heavy atom. The van der Waals surface area contributed by atoms with Gasteiger partial charge in [-0.2, -0.15) is 4.98 Å². The number of rotatable bonds is 6. The summed E-state index contributed by atoms with van der Waals surface area (Å²) in [6, 6.07) is 14.7. The molecule has 2 aromatic carbocycles. The molecule has 0 saturated heterocycles. The number of fused-ring (bicyclic) bond motifs is 1. The van der Waals surface area contributed by atoms with Crippen LogP contribution in [-0.4, -0.2) is 21.0 Å². The largest absolute Gasteiger partial charge is 0.350 e. The van der Waals surface area contributed by atoms with E-state index in [0.29, 0.717) is 16.5 Å². The smallest absolute Gasteiger partial charge is 0.259 e. The summed E-state index contributed by atoms with van der Waals surface area (Å²) in [6.07, 6.45) is 0.462. The molecule has 0 aliphatic rings. The van der Waals surface area contributed by atoms with Crippen LogP contribution < -0.4 is 10.9 Å². The van der Waals surface area contributed by atoms with Crippen LogP contribution in [0.3, 0.4) is 0 Å². The van der Waals surface area contributed by atoms with Gasteiger partial charge in [0.2, 0.25) is 17.6 Å². The third-order valence-electron chi connectivity index (χ3n) is 5.02. The topological polar surface area (TPSA) is 101 Å². The number of nitrogens with one attached hydrogen (secondary N) is 2. The summed E-state index contributed by atoms with van der Waals surface area (Å²) in [5.74, 6) is 0.365. The Kier molecular flexibility index (Phi) is 5.86. The van der Waals surface area contributed by atoms with Gasteiger partial charge in [0.25, 0.3) is 5.56 Å². The molecule has 2 aromatic heterocycles. The van der Waals surface area contributed by atoms with Crippen LogP contribution in [0, 0.1) is 6.92 Å². The Bertz CT molecular complexity index is 1290. The number of hydrogen-bond donors (Lipinski definition) is 2. The SMILES string of the molecule is Cc1ccc2[nH]c(=O)c(-c3noc(CCC(=O)NC(C)c4ccc(Cl)cc4)n3)cc2c1. The van der Waals surface area contributed by atoms with Crippen molar-refractivity contribution in [2.75, 3.05) is 0 Å². The van der Waals surface area contributed by atoms with Gasteiger partial charge >= 0.3 is 0 Å². The Hall–Kier alpha value is -3.45. The molecule has 31 heavy (non-hydrogen) atoms. The van der Waals surface area contributed by atoms with Crippen LogP contribution in [0.5, 0.6) is 0 Å². The van der Waals surface area contributed by atoms with Crippen LogP contribution in [0.1, 0.15) is 36.4 Å². The predicted molar refractivity (Wildman–Crippen MR) is 119 cm³/mol. The molecule has 0 saturated carbocycles. The van der Waals surface area contributed by atoms with Crippen molar-refractivity contribution in [2.24, 2.45) is 0 Å². The summed E-state index contributed by atoms with van der Waals surface area (Å²) in [4.78, 5) is 31.8. The summed E-state index contributed by atoms with van der Waals surface area (Å²) in [6.45, 7) is 3.88. The molecule has 0 spiro atoms. The van der Waals surface area contributed by atoms with Gasteiger partial charge in [0, 0.05) is 23.4 Å². The van der Waals surface area contributed by atoms with E-state index in [9.17, 15) is 9.59 Å². The van der Waals surface area contributed by atoms with Crippen LogP contribution in [0.2, 0.25) is 5.02 Å². The quantitative estimate of drug-likeness (QED) is 0.468. The van der Waals surface area contributed by atoms with E-state index in [2.05, 4.69) is 20.4 Å². The zero-order chi connectivity index (χ0) is 22.0. The molecular weight excluding hydrogens is 416 g/mol. The highest BCUT2D eigenvalue weighted by Gasteiger charge is 2.15. The first-order chi connectivity index (χ1) is 14.9. The number of carbonyl (C=O) groups is 1. The second-order valence-corrected chi connectivity index (χ2v) is 7.89. The molecule has 158 valence electrons. The number of aromatic nitrogens is 3. The molecule has 1 unspecified atom stereocenters. The highest BCUT2D eigenvalue weighted by molar-refractivity contribution is 6.30. The number of aromatic amines is 1. The number of hydrogen-bond acceptors (Lipinski definition) is 5. The fraction of sp³-hybridized carbons (Fsp3) is 0.217. The maximum Gasteiger partial charge on any atom is 0.259 e. The first-order valence-corrected chi connectivity index (χ1v) is 10.3. The van der Waals surface area contributed by atoms with Crippen LogP contribution in [0.4, 0.5) is 0 Å². The van der Waals surface area contributed by atoms with Gasteiger partial charge in [0.05, 0.1) is 11.6 Å². The first kappa shape index (κ1) is 20.8. The Morgan fingerprint density at radius 3 is 2.74 bits per heavy atom. The standard InChI is InChI=1S/C23H21ClN4O3/c1-13-3-8-19-16(11-13)12-18(23(30)26-19)22-27-21(31-28-22)10-9-20(29)25-14(2)15-4-6-17(24)7-5-15/h3-8,11-12,14H,9-10H2,1-2H3,(H,25,29)(H,26,30). The van der Waals surface area contributed by atoms with Gasteiger partial charge in [0.1, 0.15) is 0 Å². The molecule has 0 fully saturated rings. The van der Waals surface area contributed by atoms with Crippen molar-refractivity contribution >= 4 is 28.4 Å². The van der Waals surface area contributed by atoms with Crippen molar-refractivity contribution < 1.29 is 9.32 Å².